The van der Waals surface area contributed by atoms with Crippen molar-refractivity contribution in [1.29, 1.82) is 5.26 Å². The fraction of sp³-hybridized carbons (Fsp3) is 0.0909. The second kappa shape index (κ2) is 11.7. The third-order valence-electron chi connectivity index (χ3n) is 6.63. The quantitative estimate of drug-likeness (QED) is 0.153. The number of hydrogen-bond acceptors (Lipinski definition) is 5. The Kier molecular flexibility index (Phi) is 7.70. The minimum atomic E-state index is -0.641. The number of aromatic nitrogens is 2. The van der Waals surface area contributed by atoms with Crippen LogP contribution in [0.25, 0.3) is 23.0 Å². The van der Waals surface area contributed by atoms with Gasteiger partial charge in [0.15, 0.2) is 0 Å². The van der Waals surface area contributed by atoms with Gasteiger partial charge in [-0.2, -0.15) is 10.4 Å². The molecule has 1 aromatic heterocycles. The number of nitrogens with zero attached hydrogens (tertiary/aromatic N) is 4. The van der Waals surface area contributed by atoms with Crippen molar-refractivity contribution in [3.8, 4) is 28.8 Å². The Morgan fingerprint density at radius 1 is 1.02 bits per heavy atom. The Balaban J connectivity index is 1.59. The Morgan fingerprint density at radius 3 is 2.49 bits per heavy atom. The maximum Gasteiger partial charge on any atom is 0.271 e. The van der Waals surface area contributed by atoms with Crippen LogP contribution in [0.1, 0.15) is 18.1 Å². The van der Waals surface area contributed by atoms with Gasteiger partial charge in [0.05, 0.1) is 5.69 Å². The lowest BCUT2D eigenvalue weighted by Crippen LogP contribution is -2.42. The van der Waals surface area contributed by atoms with Crippen LogP contribution >= 0.6 is 0 Å². The molecule has 0 fully saturated rings. The summed E-state index contributed by atoms with van der Waals surface area (Å²) >= 11 is 0. The van der Waals surface area contributed by atoms with Crippen molar-refractivity contribution in [2.75, 3.05) is 6.54 Å². The summed E-state index contributed by atoms with van der Waals surface area (Å²) in [6.07, 6.45) is 4.90. The van der Waals surface area contributed by atoms with Gasteiger partial charge in [-0.05, 0) is 60.5 Å². The SMILES string of the molecule is C=CCN1C(=O)C(C#N)=C(C)/C(=C\c2cn(-c3ccccc3)nc2-c2cccc(OCc3ccc(F)cc3)c2)C1=O. The number of benzene rings is 3. The van der Waals surface area contributed by atoms with Gasteiger partial charge in [-0.25, -0.2) is 9.07 Å². The highest BCUT2D eigenvalue weighted by Crippen LogP contribution is 2.32. The number of rotatable bonds is 8. The fourth-order valence-corrected chi connectivity index (χ4v) is 4.49. The van der Waals surface area contributed by atoms with Gasteiger partial charge >= 0.3 is 0 Å². The maximum absolute atomic E-state index is 13.4. The number of imide groups is 1. The molecule has 3 aromatic carbocycles. The molecular weight excluding hydrogens is 519 g/mol. The number of para-hydroxylation sites is 1. The predicted molar refractivity (Wildman–Crippen MR) is 153 cm³/mol. The molecule has 0 unspecified atom stereocenters. The average Bonchev–Trinajstić information content (AvgIpc) is 3.42. The molecule has 202 valence electrons. The molecule has 2 amide bonds. The van der Waals surface area contributed by atoms with Gasteiger partial charge < -0.3 is 4.74 Å². The molecule has 0 aliphatic carbocycles. The molecule has 0 bridgehead atoms. The minimum Gasteiger partial charge on any atom is -0.489 e. The number of carbonyl (C=O) groups excluding carboxylic acids is 2. The summed E-state index contributed by atoms with van der Waals surface area (Å²) < 4.78 is 20.9. The number of nitriles is 1. The molecule has 1 aliphatic rings. The zero-order valence-electron chi connectivity index (χ0n) is 22.3. The first kappa shape index (κ1) is 27.0. The van der Waals surface area contributed by atoms with E-state index in [2.05, 4.69) is 6.58 Å². The molecule has 0 N–H and O–H groups in total. The Morgan fingerprint density at radius 2 is 1.78 bits per heavy atom. The normalized spacial score (nSPS) is 14.4. The Labute approximate surface area is 236 Å². The molecule has 2 heterocycles. The molecule has 0 atom stereocenters. The Bertz CT molecular complexity index is 1750. The first-order valence-corrected chi connectivity index (χ1v) is 12.8. The minimum absolute atomic E-state index is 0.0168. The molecule has 0 saturated carbocycles. The topological polar surface area (TPSA) is 88.2 Å². The van der Waals surface area contributed by atoms with Crippen LogP contribution in [0.15, 0.2) is 114 Å². The molecule has 8 heteroatoms. The third-order valence-corrected chi connectivity index (χ3v) is 6.63. The zero-order valence-corrected chi connectivity index (χ0v) is 22.3. The molecular formula is C33H25FN4O3. The second-order valence-electron chi connectivity index (χ2n) is 9.34. The molecule has 0 spiro atoms. The predicted octanol–water partition coefficient (Wildman–Crippen LogP) is 6.04. The van der Waals surface area contributed by atoms with Gasteiger partial charge in [0, 0.05) is 29.4 Å². The van der Waals surface area contributed by atoms with E-state index in [9.17, 15) is 19.2 Å². The summed E-state index contributed by atoms with van der Waals surface area (Å²) in [4.78, 5) is 27.2. The Hall–Kier alpha value is -5.55. The van der Waals surface area contributed by atoms with Crippen LogP contribution in [-0.4, -0.2) is 33.0 Å². The van der Waals surface area contributed by atoms with Crippen molar-refractivity contribution in [3.05, 3.63) is 131 Å². The van der Waals surface area contributed by atoms with E-state index in [0.29, 0.717) is 22.6 Å². The standard InChI is InChI=1S/C33H25FN4O3/c1-3-16-37-32(39)29(22(2)30(19-35)33(37)40)18-25-20-38(27-9-5-4-6-10-27)36-31(25)24-8-7-11-28(17-24)41-21-23-12-14-26(34)15-13-23/h3-15,17-18,20H,1,16,21H2,2H3/b29-18+. The van der Waals surface area contributed by atoms with Crippen LogP contribution in [0.2, 0.25) is 0 Å². The van der Waals surface area contributed by atoms with Crippen molar-refractivity contribution >= 4 is 17.9 Å². The third kappa shape index (κ3) is 5.60. The summed E-state index contributed by atoms with van der Waals surface area (Å²) in [5, 5.41) is 14.5. The highest BCUT2D eigenvalue weighted by molar-refractivity contribution is 6.19. The lowest BCUT2D eigenvalue weighted by Gasteiger charge is -2.26. The van der Waals surface area contributed by atoms with Crippen molar-refractivity contribution in [3.63, 3.8) is 0 Å². The summed E-state index contributed by atoms with van der Waals surface area (Å²) in [5.74, 6) is -0.884. The van der Waals surface area contributed by atoms with Gasteiger partial charge in [0.2, 0.25) is 0 Å². The van der Waals surface area contributed by atoms with Crippen LogP contribution in [0.4, 0.5) is 4.39 Å². The number of carbonyl (C=O) groups is 2. The number of ether oxygens (including phenoxy) is 1. The van der Waals surface area contributed by atoms with E-state index in [1.807, 2.05) is 60.7 Å². The lowest BCUT2D eigenvalue weighted by atomic mass is 9.93. The van der Waals surface area contributed by atoms with Crippen LogP contribution in [0.3, 0.4) is 0 Å². The summed E-state index contributed by atoms with van der Waals surface area (Å²) in [6.45, 7) is 5.46. The van der Waals surface area contributed by atoms with Crippen LogP contribution in [0, 0.1) is 17.1 Å². The van der Waals surface area contributed by atoms with Crippen molar-refractivity contribution < 1.29 is 18.7 Å². The molecule has 0 saturated heterocycles. The zero-order chi connectivity index (χ0) is 28.9. The number of amides is 2. The average molecular weight is 545 g/mol. The van der Waals surface area contributed by atoms with Gasteiger partial charge in [-0.3, -0.25) is 14.5 Å². The lowest BCUT2D eigenvalue weighted by molar-refractivity contribution is -0.139. The highest BCUT2D eigenvalue weighted by Gasteiger charge is 2.35. The van der Waals surface area contributed by atoms with E-state index in [1.54, 1.807) is 36.0 Å². The molecule has 4 aromatic rings. The fourth-order valence-electron chi connectivity index (χ4n) is 4.49. The van der Waals surface area contributed by atoms with E-state index in [0.717, 1.165) is 21.7 Å². The maximum atomic E-state index is 13.4. The van der Waals surface area contributed by atoms with E-state index in [4.69, 9.17) is 9.84 Å². The van der Waals surface area contributed by atoms with Gasteiger partial charge in [0.25, 0.3) is 11.8 Å². The van der Waals surface area contributed by atoms with Crippen molar-refractivity contribution in [2.24, 2.45) is 0 Å². The van der Waals surface area contributed by atoms with Gasteiger partial charge in [0.1, 0.15) is 35.5 Å². The smallest absolute Gasteiger partial charge is 0.271 e. The van der Waals surface area contributed by atoms with E-state index >= 15 is 0 Å². The second-order valence-corrected chi connectivity index (χ2v) is 9.34. The van der Waals surface area contributed by atoms with Crippen LogP contribution in [-0.2, 0) is 16.2 Å². The summed E-state index contributed by atoms with van der Waals surface area (Å²) in [5.41, 5.74) is 3.97. The first-order chi connectivity index (χ1) is 19.9. The molecule has 7 nitrogen and oxygen atoms in total. The van der Waals surface area contributed by atoms with Crippen LogP contribution < -0.4 is 4.74 Å². The number of halogens is 1. The van der Waals surface area contributed by atoms with E-state index in [-0.39, 0.29) is 30.1 Å². The van der Waals surface area contributed by atoms with Gasteiger partial charge in [-0.15, -0.1) is 6.58 Å². The van der Waals surface area contributed by atoms with E-state index < -0.39 is 11.8 Å². The molecule has 41 heavy (non-hydrogen) atoms. The van der Waals surface area contributed by atoms with Crippen LogP contribution in [0.5, 0.6) is 5.75 Å². The van der Waals surface area contributed by atoms with Crippen molar-refractivity contribution in [1.82, 2.24) is 14.7 Å². The largest absolute Gasteiger partial charge is 0.489 e. The molecule has 5 rings (SSSR count). The monoisotopic (exact) mass is 544 g/mol. The first-order valence-electron chi connectivity index (χ1n) is 12.8. The van der Waals surface area contributed by atoms with E-state index in [1.165, 1.54) is 18.2 Å². The van der Waals surface area contributed by atoms with Gasteiger partial charge in [-0.1, -0.05) is 48.5 Å². The summed E-state index contributed by atoms with van der Waals surface area (Å²) in [6, 6.07) is 24.9. The summed E-state index contributed by atoms with van der Waals surface area (Å²) in [7, 11) is 0. The molecule has 0 radical (unpaired) electrons. The van der Waals surface area contributed by atoms with Crippen molar-refractivity contribution in [2.45, 2.75) is 13.5 Å². The number of hydrogen-bond donors (Lipinski definition) is 0. The highest BCUT2D eigenvalue weighted by atomic mass is 19.1. The molecule has 1 aliphatic heterocycles.